The summed E-state index contributed by atoms with van der Waals surface area (Å²) in [6, 6.07) is 0. The van der Waals surface area contributed by atoms with E-state index in [2.05, 4.69) is 35.8 Å². The van der Waals surface area contributed by atoms with Gasteiger partial charge in [-0.25, -0.2) is 0 Å². The molecule has 158 valence electrons. The molecule has 0 N–H and O–H groups in total. The minimum absolute atomic E-state index is 0.0602. The second-order valence-corrected chi connectivity index (χ2v) is 8.83. The lowest BCUT2D eigenvalue weighted by molar-refractivity contribution is -0.147. The number of rotatable bonds is 6. The molecule has 1 amide bonds. The molecule has 8 heteroatoms. The van der Waals surface area contributed by atoms with Gasteiger partial charge in [0.25, 0.3) is 5.91 Å². The Hall–Kier alpha value is -1.51. The van der Waals surface area contributed by atoms with Crippen LogP contribution in [-0.4, -0.2) is 77.4 Å². The standard InChI is InChI=1S/C20H34N4O4/c1-15(27-14-16-7-5-6-12-26-16)18(25)24-10-8-23(9-11-24)13-17-21-19(28-22-17)20(2,3)4/h15-16H,5-14H2,1-4H3. The van der Waals surface area contributed by atoms with Crippen LogP contribution in [0.4, 0.5) is 0 Å². The monoisotopic (exact) mass is 394 g/mol. The minimum atomic E-state index is -0.427. The molecule has 0 aromatic carbocycles. The summed E-state index contributed by atoms with van der Waals surface area (Å²) in [6.45, 7) is 12.9. The lowest BCUT2D eigenvalue weighted by atomic mass is 9.97. The molecule has 0 saturated carbocycles. The van der Waals surface area contributed by atoms with E-state index in [-0.39, 0.29) is 17.4 Å². The third-order valence-corrected chi connectivity index (χ3v) is 5.31. The fraction of sp³-hybridized carbons (Fsp3) is 0.850. The van der Waals surface area contributed by atoms with Crippen LogP contribution in [0.2, 0.25) is 0 Å². The van der Waals surface area contributed by atoms with Crippen LogP contribution in [0.3, 0.4) is 0 Å². The van der Waals surface area contributed by atoms with Gasteiger partial charge in [0.2, 0.25) is 5.89 Å². The van der Waals surface area contributed by atoms with Gasteiger partial charge in [-0.1, -0.05) is 25.9 Å². The van der Waals surface area contributed by atoms with Gasteiger partial charge in [-0.05, 0) is 26.2 Å². The van der Waals surface area contributed by atoms with E-state index in [0.29, 0.717) is 38.0 Å². The molecule has 2 saturated heterocycles. The van der Waals surface area contributed by atoms with Crippen LogP contribution in [0, 0.1) is 0 Å². The molecular weight excluding hydrogens is 360 g/mol. The van der Waals surface area contributed by atoms with Crippen molar-refractivity contribution < 1.29 is 18.8 Å². The second-order valence-electron chi connectivity index (χ2n) is 8.83. The van der Waals surface area contributed by atoms with E-state index in [0.717, 1.165) is 32.5 Å². The summed E-state index contributed by atoms with van der Waals surface area (Å²) in [6.07, 6.45) is 3.02. The quantitative estimate of drug-likeness (QED) is 0.730. The van der Waals surface area contributed by atoms with E-state index in [4.69, 9.17) is 14.0 Å². The van der Waals surface area contributed by atoms with E-state index in [1.54, 1.807) is 0 Å². The smallest absolute Gasteiger partial charge is 0.251 e. The molecule has 3 rings (SSSR count). The summed E-state index contributed by atoms with van der Waals surface area (Å²) in [5, 5.41) is 4.09. The topological polar surface area (TPSA) is 80.9 Å². The van der Waals surface area contributed by atoms with E-state index >= 15 is 0 Å². The summed E-state index contributed by atoms with van der Waals surface area (Å²) >= 11 is 0. The molecular formula is C20H34N4O4. The van der Waals surface area contributed by atoms with Crippen molar-refractivity contribution in [1.82, 2.24) is 19.9 Å². The Labute approximate surface area is 167 Å². The third-order valence-electron chi connectivity index (χ3n) is 5.31. The zero-order chi connectivity index (χ0) is 20.1. The Morgan fingerprint density at radius 1 is 1.25 bits per heavy atom. The molecule has 1 aromatic rings. The first kappa shape index (κ1) is 21.2. The first-order valence-corrected chi connectivity index (χ1v) is 10.4. The number of aromatic nitrogens is 2. The minimum Gasteiger partial charge on any atom is -0.376 e. The first-order chi connectivity index (χ1) is 13.3. The predicted molar refractivity (Wildman–Crippen MR) is 104 cm³/mol. The zero-order valence-electron chi connectivity index (χ0n) is 17.6. The second kappa shape index (κ2) is 9.33. The van der Waals surface area contributed by atoms with Crippen LogP contribution in [0.25, 0.3) is 0 Å². The van der Waals surface area contributed by atoms with Gasteiger partial charge in [0.1, 0.15) is 6.10 Å². The number of ether oxygens (including phenoxy) is 2. The largest absolute Gasteiger partial charge is 0.376 e. The zero-order valence-corrected chi connectivity index (χ0v) is 17.6. The van der Waals surface area contributed by atoms with Gasteiger partial charge in [0.05, 0.1) is 19.3 Å². The van der Waals surface area contributed by atoms with Crippen molar-refractivity contribution >= 4 is 5.91 Å². The highest BCUT2D eigenvalue weighted by molar-refractivity contribution is 5.80. The van der Waals surface area contributed by atoms with Gasteiger partial charge >= 0.3 is 0 Å². The maximum Gasteiger partial charge on any atom is 0.251 e. The van der Waals surface area contributed by atoms with Crippen molar-refractivity contribution in [1.29, 1.82) is 0 Å². The molecule has 0 spiro atoms. The number of piperazine rings is 1. The Kier molecular flexibility index (Phi) is 7.06. The normalized spacial score (nSPS) is 23.0. The van der Waals surface area contributed by atoms with Gasteiger partial charge in [-0.15, -0.1) is 0 Å². The molecule has 2 aliphatic rings. The Morgan fingerprint density at radius 3 is 2.61 bits per heavy atom. The van der Waals surface area contributed by atoms with Gasteiger partial charge in [-0.3, -0.25) is 9.69 Å². The fourth-order valence-corrected chi connectivity index (χ4v) is 3.47. The highest BCUT2D eigenvalue weighted by Crippen LogP contribution is 2.20. The summed E-state index contributed by atoms with van der Waals surface area (Å²) in [4.78, 5) is 21.3. The van der Waals surface area contributed by atoms with Crippen LogP contribution in [-0.2, 0) is 26.2 Å². The molecule has 28 heavy (non-hydrogen) atoms. The maximum atomic E-state index is 12.7. The van der Waals surface area contributed by atoms with Crippen LogP contribution in [0.15, 0.2) is 4.52 Å². The van der Waals surface area contributed by atoms with Gasteiger partial charge < -0.3 is 18.9 Å². The number of hydrogen-bond acceptors (Lipinski definition) is 7. The number of nitrogens with zero attached hydrogens (tertiary/aromatic N) is 4. The number of amides is 1. The third kappa shape index (κ3) is 5.75. The maximum absolute atomic E-state index is 12.7. The fourth-order valence-electron chi connectivity index (χ4n) is 3.47. The Morgan fingerprint density at radius 2 is 2.00 bits per heavy atom. The summed E-state index contributed by atoms with van der Waals surface area (Å²) in [5.74, 6) is 1.42. The van der Waals surface area contributed by atoms with Crippen molar-refractivity contribution in [2.24, 2.45) is 0 Å². The first-order valence-electron chi connectivity index (χ1n) is 10.4. The molecule has 2 unspecified atom stereocenters. The average molecular weight is 395 g/mol. The summed E-state index contributed by atoms with van der Waals surface area (Å²) < 4.78 is 16.8. The summed E-state index contributed by atoms with van der Waals surface area (Å²) in [7, 11) is 0. The van der Waals surface area contributed by atoms with E-state index in [1.807, 2.05) is 11.8 Å². The molecule has 8 nitrogen and oxygen atoms in total. The SMILES string of the molecule is CC(OCC1CCCCO1)C(=O)N1CCN(Cc2noc(C(C)(C)C)n2)CC1. The van der Waals surface area contributed by atoms with Crippen LogP contribution in [0.1, 0.15) is 58.7 Å². The van der Waals surface area contributed by atoms with Crippen molar-refractivity contribution in [2.45, 2.75) is 71.1 Å². The van der Waals surface area contributed by atoms with E-state index in [9.17, 15) is 4.79 Å². The van der Waals surface area contributed by atoms with Crippen molar-refractivity contribution in [2.75, 3.05) is 39.4 Å². The van der Waals surface area contributed by atoms with Crippen LogP contribution < -0.4 is 0 Å². The molecule has 0 radical (unpaired) electrons. The molecule has 0 aliphatic carbocycles. The van der Waals surface area contributed by atoms with Gasteiger partial charge in [-0.2, -0.15) is 4.98 Å². The molecule has 2 fully saturated rings. The number of carbonyl (C=O) groups is 1. The molecule has 3 heterocycles. The van der Waals surface area contributed by atoms with Gasteiger partial charge in [0.15, 0.2) is 5.82 Å². The average Bonchev–Trinajstić information content (AvgIpc) is 3.16. The predicted octanol–water partition coefficient (Wildman–Crippen LogP) is 1.99. The van der Waals surface area contributed by atoms with Crippen LogP contribution >= 0.6 is 0 Å². The van der Waals surface area contributed by atoms with E-state index < -0.39 is 6.10 Å². The molecule has 1 aromatic heterocycles. The Balaban J connectivity index is 1.40. The summed E-state index contributed by atoms with van der Waals surface area (Å²) in [5.41, 5.74) is -0.144. The van der Waals surface area contributed by atoms with Crippen LogP contribution in [0.5, 0.6) is 0 Å². The highest BCUT2D eigenvalue weighted by Gasteiger charge is 2.28. The van der Waals surface area contributed by atoms with Crippen molar-refractivity contribution in [3.05, 3.63) is 11.7 Å². The Bertz CT molecular complexity index is 628. The lowest BCUT2D eigenvalue weighted by Crippen LogP contribution is -2.51. The molecule has 0 bridgehead atoms. The number of hydrogen-bond donors (Lipinski definition) is 0. The highest BCUT2D eigenvalue weighted by atomic mass is 16.5. The van der Waals surface area contributed by atoms with Crippen molar-refractivity contribution in [3.8, 4) is 0 Å². The van der Waals surface area contributed by atoms with Crippen molar-refractivity contribution in [3.63, 3.8) is 0 Å². The van der Waals surface area contributed by atoms with Gasteiger partial charge in [0, 0.05) is 38.2 Å². The number of carbonyl (C=O) groups excluding carboxylic acids is 1. The molecule has 2 atom stereocenters. The molecule has 2 aliphatic heterocycles. The lowest BCUT2D eigenvalue weighted by Gasteiger charge is -2.35. The van der Waals surface area contributed by atoms with E-state index in [1.165, 1.54) is 6.42 Å².